The van der Waals surface area contributed by atoms with Crippen LogP contribution >= 0.6 is 0 Å². The van der Waals surface area contributed by atoms with Crippen LogP contribution in [0, 0.1) is 0 Å². The van der Waals surface area contributed by atoms with Crippen LogP contribution in [0.4, 0.5) is 5.82 Å². The third-order valence-corrected chi connectivity index (χ3v) is 3.70. The molecule has 5 heteroatoms. The van der Waals surface area contributed by atoms with Gasteiger partial charge in [-0.1, -0.05) is 18.2 Å². The summed E-state index contributed by atoms with van der Waals surface area (Å²) in [5.41, 5.74) is 0. The van der Waals surface area contributed by atoms with Gasteiger partial charge in [0.2, 0.25) is 0 Å². The Morgan fingerprint density at radius 1 is 1.16 bits per heavy atom. The van der Waals surface area contributed by atoms with E-state index in [4.69, 9.17) is 14.3 Å². The Balaban J connectivity index is 1.68. The van der Waals surface area contributed by atoms with E-state index in [0.717, 1.165) is 5.82 Å². The topological polar surface area (TPSA) is 43.8 Å². The Morgan fingerprint density at radius 3 is 2.79 bits per heavy atom. The van der Waals surface area contributed by atoms with Gasteiger partial charge in [-0.25, -0.2) is 10.0 Å². The van der Waals surface area contributed by atoms with Gasteiger partial charge in [0.15, 0.2) is 11.6 Å². The third-order valence-electron chi connectivity index (χ3n) is 3.70. The Labute approximate surface area is 111 Å². The van der Waals surface area contributed by atoms with E-state index in [1.54, 1.807) is 6.20 Å². The zero-order chi connectivity index (χ0) is 13.0. The molecule has 0 spiro atoms. The molecule has 0 aromatic carbocycles. The summed E-state index contributed by atoms with van der Waals surface area (Å²) in [7, 11) is 0. The first-order valence-electron chi connectivity index (χ1n) is 6.55. The first kappa shape index (κ1) is 11.4. The fourth-order valence-electron chi connectivity index (χ4n) is 2.98. The van der Waals surface area contributed by atoms with Crippen LogP contribution in [0.15, 0.2) is 36.5 Å². The quantitative estimate of drug-likeness (QED) is 0.718. The smallest absolute Gasteiger partial charge is 0.164 e. The number of hydrogen-bond donors (Lipinski definition) is 0. The lowest BCUT2D eigenvalue weighted by Crippen LogP contribution is -2.60. The van der Waals surface area contributed by atoms with Crippen LogP contribution in [0.3, 0.4) is 0 Å². The minimum absolute atomic E-state index is 0.00618. The van der Waals surface area contributed by atoms with Crippen molar-refractivity contribution in [1.29, 1.82) is 0 Å². The van der Waals surface area contributed by atoms with Crippen molar-refractivity contribution in [3.63, 3.8) is 0 Å². The standard InChI is InChI=1S/C14H16N2O3/c1-14(2)17-12-9-6-7-10(13(12)18-14)19-16(9)11-5-3-4-8-15-11/h3-10,12-13H,1-2H3/t9-,10-,12+,13?/m0/s1. The normalized spacial score (nSPS) is 38.5. The number of aromatic nitrogens is 1. The second kappa shape index (κ2) is 3.79. The molecule has 1 unspecified atom stereocenters. The van der Waals surface area contributed by atoms with Crippen LogP contribution in [-0.2, 0) is 14.3 Å². The largest absolute Gasteiger partial charge is 0.342 e. The molecule has 2 saturated heterocycles. The van der Waals surface area contributed by atoms with Gasteiger partial charge in [0.25, 0.3) is 0 Å². The number of nitrogens with zero attached hydrogens (tertiary/aromatic N) is 2. The van der Waals surface area contributed by atoms with E-state index in [2.05, 4.69) is 17.1 Å². The molecule has 5 rings (SSSR count). The Bertz CT molecular complexity index is 517. The second-order valence-electron chi connectivity index (χ2n) is 5.52. The zero-order valence-corrected chi connectivity index (χ0v) is 10.9. The van der Waals surface area contributed by atoms with Crippen LogP contribution in [0.2, 0.25) is 0 Å². The fourth-order valence-corrected chi connectivity index (χ4v) is 2.98. The molecule has 1 aromatic heterocycles. The van der Waals surface area contributed by atoms with Crippen molar-refractivity contribution in [3.8, 4) is 0 Å². The SMILES string of the molecule is CC1(C)OC2[C@@H]3C=C[C@@H]([C@H]2O1)N(c1ccccn1)O3. The summed E-state index contributed by atoms with van der Waals surface area (Å²) in [6.45, 7) is 3.88. The van der Waals surface area contributed by atoms with Gasteiger partial charge >= 0.3 is 0 Å². The highest BCUT2D eigenvalue weighted by Gasteiger charge is 2.56. The summed E-state index contributed by atoms with van der Waals surface area (Å²) >= 11 is 0. The van der Waals surface area contributed by atoms with Crippen molar-refractivity contribution in [2.24, 2.45) is 0 Å². The molecule has 1 aromatic rings. The Morgan fingerprint density at radius 2 is 2.00 bits per heavy atom. The van der Waals surface area contributed by atoms with Gasteiger partial charge in [-0.2, -0.15) is 0 Å². The number of ether oxygens (including phenoxy) is 2. The van der Waals surface area contributed by atoms with Gasteiger partial charge < -0.3 is 9.47 Å². The van der Waals surface area contributed by atoms with E-state index >= 15 is 0 Å². The average molecular weight is 260 g/mol. The highest BCUT2D eigenvalue weighted by molar-refractivity contribution is 5.41. The molecule has 5 nitrogen and oxygen atoms in total. The summed E-state index contributed by atoms with van der Waals surface area (Å²) in [5.74, 6) is 0.245. The maximum Gasteiger partial charge on any atom is 0.164 e. The molecule has 100 valence electrons. The summed E-state index contributed by atoms with van der Waals surface area (Å²) in [4.78, 5) is 10.3. The highest BCUT2D eigenvalue weighted by Crippen LogP contribution is 2.42. The van der Waals surface area contributed by atoms with E-state index in [1.165, 1.54) is 0 Å². The number of hydroxylamine groups is 1. The van der Waals surface area contributed by atoms with Crippen LogP contribution < -0.4 is 5.06 Å². The van der Waals surface area contributed by atoms with Crippen molar-refractivity contribution in [3.05, 3.63) is 36.5 Å². The van der Waals surface area contributed by atoms with Crippen molar-refractivity contribution >= 4 is 5.82 Å². The molecule has 2 fully saturated rings. The Kier molecular flexibility index (Phi) is 2.27. The van der Waals surface area contributed by atoms with E-state index in [9.17, 15) is 0 Å². The zero-order valence-electron chi connectivity index (χ0n) is 10.9. The molecule has 1 aliphatic carbocycles. The van der Waals surface area contributed by atoms with Gasteiger partial charge in [0, 0.05) is 6.20 Å². The fraction of sp³-hybridized carbons (Fsp3) is 0.500. The third kappa shape index (κ3) is 1.69. The molecule has 4 aliphatic rings. The van der Waals surface area contributed by atoms with Crippen molar-refractivity contribution in [2.45, 2.75) is 44.0 Å². The summed E-state index contributed by atoms with van der Waals surface area (Å²) < 4.78 is 11.9. The minimum Gasteiger partial charge on any atom is -0.342 e. The predicted octanol–water partition coefficient (Wildman–Crippen LogP) is 1.66. The summed E-state index contributed by atoms with van der Waals surface area (Å²) in [6, 6.07) is 5.78. The summed E-state index contributed by atoms with van der Waals surface area (Å²) in [6.07, 6.45) is 5.77. The van der Waals surface area contributed by atoms with Crippen LogP contribution in [0.1, 0.15) is 13.8 Å². The first-order valence-corrected chi connectivity index (χ1v) is 6.55. The lowest BCUT2D eigenvalue weighted by Gasteiger charge is -2.45. The van der Waals surface area contributed by atoms with Crippen LogP contribution in [0.25, 0.3) is 0 Å². The van der Waals surface area contributed by atoms with Crippen molar-refractivity contribution < 1.29 is 14.3 Å². The molecular weight excluding hydrogens is 244 g/mol. The molecule has 4 atom stereocenters. The number of hydrogen-bond acceptors (Lipinski definition) is 5. The predicted molar refractivity (Wildman–Crippen MR) is 68.3 cm³/mol. The molecule has 0 amide bonds. The molecule has 19 heavy (non-hydrogen) atoms. The molecular formula is C14H16N2O3. The molecule has 0 N–H and O–H groups in total. The molecule has 4 heterocycles. The number of rotatable bonds is 1. The minimum atomic E-state index is -0.554. The second-order valence-corrected chi connectivity index (χ2v) is 5.52. The lowest BCUT2D eigenvalue weighted by atomic mass is 9.92. The van der Waals surface area contributed by atoms with Crippen LogP contribution in [-0.4, -0.2) is 35.1 Å². The van der Waals surface area contributed by atoms with Crippen molar-refractivity contribution in [2.75, 3.05) is 5.06 Å². The molecule has 0 saturated carbocycles. The maximum atomic E-state index is 6.02. The van der Waals surface area contributed by atoms with Crippen LogP contribution in [0.5, 0.6) is 0 Å². The number of anilines is 1. The Hall–Kier alpha value is -1.43. The molecule has 0 radical (unpaired) electrons. The number of fused-ring (bicyclic) bond motifs is 1. The van der Waals surface area contributed by atoms with Gasteiger partial charge in [0.05, 0.1) is 0 Å². The van der Waals surface area contributed by atoms with Gasteiger partial charge in [-0.05, 0) is 26.0 Å². The van der Waals surface area contributed by atoms with E-state index < -0.39 is 5.79 Å². The first-order chi connectivity index (χ1) is 9.14. The molecule has 2 bridgehead atoms. The maximum absolute atomic E-state index is 6.02. The van der Waals surface area contributed by atoms with E-state index in [-0.39, 0.29) is 24.4 Å². The van der Waals surface area contributed by atoms with Gasteiger partial charge in [-0.3, -0.25) is 4.84 Å². The van der Waals surface area contributed by atoms with Gasteiger partial charge in [0.1, 0.15) is 24.4 Å². The molecule has 3 aliphatic heterocycles. The van der Waals surface area contributed by atoms with Gasteiger partial charge in [-0.15, -0.1) is 0 Å². The highest BCUT2D eigenvalue weighted by atomic mass is 16.8. The monoisotopic (exact) mass is 260 g/mol. The average Bonchev–Trinajstić information content (AvgIpc) is 2.77. The lowest BCUT2D eigenvalue weighted by molar-refractivity contribution is -0.150. The number of pyridine rings is 1. The van der Waals surface area contributed by atoms with E-state index in [0.29, 0.717) is 0 Å². The summed E-state index contributed by atoms with van der Waals surface area (Å²) in [5, 5.41) is 1.83. The van der Waals surface area contributed by atoms with Crippen molar-refractivity contribution in [1.82, 2.24) is 4.98 Å². The van der Waals surface area contributed by atoms with E-state index in [1.807, 2.05) is 37.1 Å².